The van der Waals surface area contributed by atoms with Gasteiger partial charge in [0.1, 0.15) is 5.75 Å². The van der Waals surface area contributed by atoms with E-state index in [0.29, 0.717) is 24.7 Å². The molecule has 29 heavy (non-hydrogen) atoms. The highest BCUT2D eigenvalue weighted by Crippen LogP contribution is 2.21. The lowest BCUT2D eigenvalue weighted by Crippen LogP contribution is -2.52. The van der Waals surface area contributed by atoms with E-state index < -0.39 is 12.7 Å². The lowest BCUT2D eigenvalue weighted by atomic mass is 10.0. The molecule has 1 aromatic rings. The predicted octanol–water partition coefficient (Wildman–Crippen LogP) is 2.34. The van der Waals surface area contributed by atoms with Crippen LogP contribution in [0.1, 0.15) is 37.9 Å². The maximum atomic E-state index is 12.6. The van der Waals surface area contributed by atoms with Crippen molar-refractivity contribution in [1.82, 2.24) is 14.7 Å². The summed E-state index contributed by atoms with van der Waals surface area (Å²) in [6.07, 6.45) is 2.69. The Morgan fingerprint density at radius 3 is 2.38 bits per heavy atom. The molecule has 0 aromatic heterocycles. The number of nitrogens with zero attached hydrogens (tertiary/aromatic N) is 3. The van der Waals surface area contributed by atoms with Crippen LogP contribution in [0.15, 0.2) is 24.3 Å². The lowest BCUT2D eigenvalue weighted by Gasteiger charge is -2.38. The molecule has 0 aliphatic carbocycles. The first-order valence-corrected chi connectivity index (χ1v) is 10.4. The molecule has 8 heteroatoms. The summed E-state index contributed by atoms with van der Waals surface area (Å²) in [4.78, 5) is 19.0. The Balaban J connectivity index is 1.41. The number of likely N-dealkylation sites (tertiary alicyclic amines) is 1. The fourth-order valence-corrected chi connectivity index (χ4v) is 4.10. The Morgan fingerprint density at radius 1 is 1.10 bits per heavy atom. The van der Waals surface area contributed by atoms with Gasteiger partial charge in [0.05, 0.1) is 12.6 Å². The summed E-state index contributed by atoms with van der Waals surface area (Å²) in [6, 6.07) is 6.44. The van der Waals surface area contributed by atoms with Crippen LogP contribution >= 0.6 is 0 Å². The van der Waals surface area contributed by atoms with E-state index in [1.54, 1.807) is 12.1 Å². The molecule has 2 saturated heterocycles. The van der Waals surface area contributed by atoms with Gasteiger partial charge in [0.2, 0.25) is 5.91 Å². The first kappa shape index (κ1) is 21.9. The van der Waals surface area contributed by atoms with Crippen molar-refractivity contribution in [2.75, 3.05) is 45.8 Å². The van der Waals surface area contributed by atoms with Gasteiger partial charge in [-0.15, -0.1) is 0 Å². The molecule has 0 spiro atoms. The molecule has 0 bridgehead atoms. The molecule has 2 heterocycles. The van der Waals surface area contributed by atoms with E-state index in [1.807, 2.05) is 4.90 Å². The minimum Gasteiger partial charge on any atom is -0.435 e. The smallest absolute Gasteiger partial charge is 0.387 e. The molecule has 1 aromatic carbocycles. The Morgan fingerprint density at radius 2 is 1.76 bits per heavy atom. The van der Waals surface area contributed by atoms with E-state index in [1.165, 1.54) is 18.6 Å². The van der Waals surface area contributed by atoms with Gasteiger partial charge < -0.3 is 14.7 Å². The van der Waals surface area contributed by atoms with Crippen molar-refractivity contribution in [2.45, 2.75) is 44.9 Å². The summed E-state index contributed by atoms with van der Waals surface area (Å²) in [5.41, 5.74) is 0.670. The molecule has 2 fully saturated rings. The van der Waals surface area contributed by atoms with E-state index in [0.717, 1.165) is 45.6 Å². The number of benzene rings is 1. The topological polar surface area (TPSA) is 56.3 Å². The molecule has 0 saturated carbocycles. The molecule has 2 atom stereocenters. The molecular weight excluding hydrogens is 380 g/mol. The van der Waals surface area contributed by atoms with Gasteiger partial charge in [0.15, 0.2) is 0 Å². The van der Waals surface area contributed by atoms with Crippen LogP contribution in [0.2, 0.25) is 0 Å². The number of β-amino-alcohol motifs (C(OH)–C–C–N with tert-alkyl or cyclic N) is 1. The van der Waals surface area contributed by atoms with E-state index in [2.05, 4.69) is 21.5 Å². The predicted molar refractivity (Wildman–Crippen MR) is 106 cm³/mol. The molecule has 3 rings (SSSR count). The number of ether oxygens (including phenoxy) is 1. The summed E-state index contributed by atoms with van der Waals surface area (Å²) in [5, 5.41) is 10.5. The zero-order valence-corrected chi connectivity index (χ0v) is 17.0. The van der Waals surface area contributed by atoms with Crippen molar-refractivity contribution in [2.24, 2.45) is 0 Å². The Hall–Kier alpha value is -1.77. The van der Waals surface area contributed by atoms with Crippen molar-refractivity contribution >= 4 is 5.91 Å². The number of aliphatic hydroxyl groups excluding tert-OH is 1. The van der Waals surface area contributed by atoms with Gasteiger partial charge in [-0.3, -0.25) is 14.6 Å². The normalized spacial score (nSPS) is 22.7. The number of piperidine rings is 1. The number of amides is 1. The maximum Gasteiger partial charge on any atom is 0.387 e. The van der Waals surface area contributed by atoms with Crippen molar-refractivity contribution in [3.8, 4) is 5.75 Å². The van der Waals surface area contributed by atoms with Crippen LogP contribution in [0.3, 0.4) is 0 Å². The second-order valence-electron chi connectivity index (χ2n) is 7.97. The number of carbonyl (C=O) groups excluding carboxylic acids is 1. The fraction of sp³-hybridized carbons (Fsp3) is 0.667. The second-order valence-corrected chi connectivity index (χ2v) is 7.97. The lowest BCUT2D eigenvalue weighted by molar-refractivity contribution is -0.136. The Bertz CT molecular complexity index is 651. The number of piperazine rings is 1. The SMILES string of the molecule is CC1CCCCN1C(=O)CN1CCN(CC(O)c2ccc(OC(F)F)cc2)CC1. The first-order valence-electron chi connectivity index (χ1n) is 10.4. The van der Waals surface area contributed by atoms with Crippen molar-refractivity contribution in [3.05, 3.63) is 29.8 Å². The van der Waals surface area contributed by atoms with Gasteiger partial charge in [-0.05, 0) is 43.9 Å². The third-order valence-corrected chi connectivity index (χ3v) is 5.87. The second kappa shape index (κ2) is 10.3. The molecular formula is C21H31F2N3O3. The molecule has 6 nitrogen and oxygen atoms in total. The third-order valence-electron chi connectivity index (χ3n) is 5.87. The van der Waals surface area contributed by atoms with Crippen molar-refractivity contribution in [1.29, 1.82) is 0 Å². The number of aliphatic hydroxyl groups is 1. The maximum absolute atomic E-state index is 12.6. The largest absolute Gasteiger partial charge is 0.435 e. The van der Waals surface area contributed by atoms with Crippen molar-refractivity contribution < 1.29 is 23.4 Å². The minimum absolute atomic E-state index is 0.0808. The van der Waals surface area contributed by atoms with Crippen LogP contribution in [0.4, 0.5) is 8.78 Å². The standard InChI is InChI=1S/C21H31F2N3O3/c1-16-4-2-3-9-26(16)20(28)15-25-12-10-24(11-13-25)14-19(27)17-5-7-18(8-6-17)29-21(22)23/h5-8,16,19,21,27H,2-4,9-15H2,1H3. The van der Waals surface area contributed by atoms with E-state index in [9.17, 15) is 18.7 Å². The van der Waals surface area contributed by atoms with Gasteiger partial charge in [0.25, 0.3) is 0 Å². The van der Waals surface area contributed by atoms with Crippen molar-refractivity contribution in [3.63, 3.8) is 0 Å². The highest BCUT2D eigenvalue weighted by atomic mass is 19.3. The van der Waals surface area contributed by atoms with Gasteiger partial charge in [-0.2, -0.15) is 8.78 Å². The fourth-order valence-electron chi connectivity index (χ4n) is 4.10. The first-order chi connectivity index (χ1) is 13.9. The summed E-state index contributed by atoms with van der Waals surface area (Å²) in [7, 11) is 0. The number of rotatable bonds is 7. The molecule has 1 amide bonds. The van der Waals surface area contributed by atoms with Gasteiger partial charge in [-0.1, -0.05) is 12.1 Å². The average Bonchev–Trinajstić information content (AvgIpc) is 2.70. The molecule has 1 N–H and O–H groups in total. The third kappa shape index (κ3) is 6.35. The quantitative estimate of drug-likeness (QED) is 0.747. The molecule has 162 valence electrons. The van der Waals surface area contributed by atoms with Gasteiger partial charge in [0, 0.05) is 45.3 Å². The molecule has 2 aliphatic rings. The van der Waals surface area contributed by atoms with Gasteiger partial charge in [-0.25, -0.2) is 0 Å². The van der Waals surface area contributed by atoms with Crippen LogP contribution in [0.5, 0.6) is 5.75 Å². The highest BCUT2D eigenvalue weighted by molar-refractivity contribution is 5.78. The van der Waals surface area contributed by atoms with Crippen LogP contribution in [-0.4, -0.2) is 84.2 Å². The highest BCUT2D eigenvalue weighted by Gasteiger charge is 2.26. The van der Waals surface area contributed by atoms with E-state index >= 15 is 0 Å². The van der Waals surface area contributed by atoms with Crippen LogP contribution in [0, 0.1) is 0 Å². The van der Waals surface area contributed by atoms with E-state index in [-0.39, 0.29) is 11.7 Å². The average molecular weight is 411 g/mol. The molecule has 2 aliphatic heterocycles. The van der Waals surface area contributed by atoms with Crippen LogP contribution in [-0.2, 0) is 4.79 Å². The van der Waals surface area contributed by atoms with Gasteiger partial charge >= 0.3 is 6.61 Å². The Labute approximate surface area is 171 Å². The van der Waals surface area contributed by atoms with Crippen LogP contribution < -0.4 is 4.74 Å². The zero-order valence-electron chi connectivity index (χ0n) is 17.0. The zero-order chi connectivity index (χ0) is 20.8. The Kier molecular flexibility index (Phi) is 7.80. The van der Waals surface area contributed by atoms with Crippen LogP contribution in [0.25, 0.3) is 0 Å². The number of halogens is 2. The molecule has 2 unspecified atom stereocenters. The monoisotopic (exact) mass is 411 g/mol. The summed E-state index contributed by atoms with van der Waals surface area (Å²) < 4.78 is 28.8. The summed E-state index contributed by atoms with van der Waals surface area (Å²) >= 11 is 0. The molecule has 0 radical (unpaired) electrons. The summed E-state index contributed by atoms with van der Waals surface area (Å²) in [5.74, 6) is 0.300. The van der Waals surface area contributed by atoms with E-state index in [4.69, 9.17) is 0 Å². The summed E-state index contributed by atoms with van der Waals surface area (Å²) in [6.45, 7) is 4.23. The number of hydrogen-bond acceptors (Lipinski definition) is 5. The minimum atomic E-state index is -2.85. The number of alkyl halides is 2. The number of carbonyl (C=O) groups is 1. The number of hydrogen-bond donors (Lipinski definition) is 1.